The summed E-state index contributed by atoms with van der Waals surface area (Å²) in [7, 11) is 0. The second-order valence-corrected chi connectivity index (χ2v) is 4.57. The molecule has 2 aromatic rings. The zero-order valence-electron chi connectivity index (χ0n) is 10.5. The molecule has 0 fully saturated rings. The molecule has 0 radical (unpaired) electrons. The van der Waals surface area contributed by atoms with Crippen LogP contribution in [0.3, 0.4) is 0 Å². The number of hydrogen-bond donors (Lipinski definition) is 0. The number of esters is 1. The summed E-state index contributed by atoms with van der Waals surface area (Å²) in [5, 5.41) is 2.72. The van der Waals surface area contributed by atoms with Crippen LogP contribution in [-0.2, 0) is 16.0 Å². The summed E-state index contributed by atoms with van der Waals surface area (Å²) >= 11 is 6.38. The van der Waals surface area contributed by atoms with Gasteiger partial charge in [0, 0.05) is 5.39 Å². The van der Waals surface area contributed by atoms with E-state index in [4.69, 9.17) is 16.3 Å². The van der Waals surface area contributed by atoms with Gasteiger partial charge in [0.1, 0.15) is 0 Å². The third-order valence-electron chi connectivity index (χ3n) is 2.94. The molecule has 0 heterocycles. The predicted molar refractivity (Wildman–Crippen MR) is 74.0 cm³/mol. The number of ether oxygens (including phenoxy) is 1. The van der Waals surface area contributed by atoms with Crippen molar-refractivity contribution < 1.29 is 9.53 Å². The average molecular weight is 263 g/mol. The third-order valence-corrected chi connectivity index (χ3v) is 3.37. The van der Waals surface area contributed by atoms with Gasteiger partial charge in [-0.1, -0.05) is 41.9 Å². The minimum absolute atomic E-state index is 0.226. The number of fused-ring (bicyclic) bond motifs is 1. The molecule has 0 saturated heterocycles. The van der Waals surface area contributed by atoms with E-state index in [9.17, 15) is 4.79 Å². The van der Waals surface area contributed by atoms with E-state index < -0.39 is 0 Å². The van der Waals surface area contributed by atoms with Crippen LogP contribution < -0.4 is 0 Å². The number of benzene rings is 2. The average Bonchev–Trinajstić information content (AvgIpc) is 2.35. The Morgan fingerprint density at radius 2 is 2.06 bits per heavy atom. The molecule has 0 unspecified atom stereocenters. The van der Waals surface area contributed by atoms with E-state index in [-0.39, 0.29) is 12.4 Å². The van der Waals surface area contributed by atoms with Crippen molar-refractivity contribution in [3.63, 3.8) is 0 Å². The van der Waals surface area contributed by atoms with E-state index in [1.54, 1.807) is 6.92 Å². The van der Waals surface area contributed by atoms with Gasteiger partial charge in [-0.3, -0.25) is 4.79 Å². The highest BCUT2D eigenvalue weighted by molar-refractivity contribution is 6.36. The summed E-state index contributed by atoms with van der Waals surface area (Å²) in [6, 6.07) is 9.95. The van der Waals surface area contributed by atoms with Gasteiger partial charge in [-0.15, -0.1) is 0 Å². The van der Waals surface area contributed by atoms with Crippen molar-refractivity contribution in [1.29, 1.82) is 0 Å². The van der Waals surface area contributed by atoms with Crippen LogP contribution in [0.1, 0.15) is 18.1 Å². The highest BCUT2D eigenvalue weighted by atomic mass is 35.5. The first kappa shape index (κ1) is 12.9. The first-order valence-corrected chi connectivity index (χ1v) is 6.33. The number of carbonyl (C=O) groups excluding carboxylic acids is 1. The Morgan fingerprint density at radius 3 is 2.78 bits per heavy atom. The van der Waals surface area contributed by atoms with Crippen molar-refractivity contribution in [2.75, 3.05) is 6.61 Å². The van der Waals surface area contributed by atoms with Crippen LogP contribution in [0.2, 0.25) is 5.02 Å². The first-order valence-electron chi connectivity index (χ1n) is 5.95. The van der Waals surface area contributed by atoms with Gasteiger partial charge in [0.25, 0.3) is 0 Å². The second kappa shape index (κ2) is 5.40. The zero-order valence-corrected chi connectivity index (χ0v) is 11.3. The lowest BCUT2D eigenvalue weighted by molar-refractivity contribution is -0.142. The van der Waals surface area contributed by atoms with Crippen molar-refractivity contribution >= 4 is 28.3 Å². The Kier molecular flexibility index (Phi) is 3.87. The molecule has 0 amide bonds. The molecule has 0 bridgehead atoms. The Hall–Kier alpha value is -1.54. The Morgan fingerprint density at radius 1 is 1.33 bits per heavy atom. The van der Waals surface area contributed by atoms with Crippen LogP contribution in [0.15, 0.2) is 30.3 Å². The summed E-state index contributed by atoms with van der Waals surface area (Å²) < 4.78 is 4.97. The van der Waals surface area contributed by atoms with E-state index in [1.165, 1.54) is 0 Å². The molecule has 0 aliphatic heterocycles. The second-order valence-electron chi connectivity index (χ2n) is 4.19. The molecule has 2 rings (SSSR count). The monoisotopic (exact) mass is 262 g/mol. The van der Waals surface area contributed by atoms with Crippen molar-refractivity contribution in [2.24, 2.45) is 0 Å². The summed E-state index contributed by atoms with van der Waals surface area (Å²) in [4.78, 5) is 11.6. The fourth-order valence-corrected chi connectivity index (χ4v) is 2.44. The first-order chi connectivity index (χ1) is 8.63. The van der Waals surface area contributed by atoms with E-state index in [2.05, 4.69) is 6.07 Å². The van der Waals surface area contributed by atoms with E-state index in [0.717, 1.165) is 21.9 Å². The Labute approximate surface area is 112 Å². The van der Waals surface area contributed by atoms with Gasteiger partial charge in [0.15, 0.2) is 0 Å². The Bertz CT molecular complexity index is 590. The molecule has 0 aromatic heterocycles. The molecule has 3 heteroatoms. The summed E-state index contributed by atoms with van der Waals surface area (Å²) in [6.45, 7) is 4.16. The SMILES string of the molecule is CCOC(=O)Cc1c(C)cc2ccccc2c1Cl. The molecule has 0 saturated carbocycles. The highest BCUT2D eigenvalue weighted by Crippen LogP contribution is 2.30. The molecule has 0 atom stereocenters. The summed E-state index contributed by atoms with van der Waals surface area (Å²) in [6.07, 6.45) is 0.226. The minimum atomic E-state index is -0.238. The zero-order chi connectivity index (χ0) is 13.1. The van der Waals surface area contributed by atoms with Crippen LogP contribution in [-0.4, -0.2) is 12.6 Å². The van der Waals surface area contributed by atoms with Gasteiger partial charge < -0.3 is 4.74 Å². The normalized spacial score (nSPS) is 10.6. The molecular formula is C15H15ClO2. The summed E-state index contributed by atoms with van der Waals surface area (Å²) in [5.74, 6) is -0.238. The minimum Gasteiger partial charge on any atom is -0.466 e. The lowest BCUT2D eigenvalue weighted by atomic mass is 9.99. The molecule has 0 N–H and O–H groups in total. The maximum atomic E-state index is 11.6. The van der Waals surface area contributed by atoms with E-state index in [1.807, 2.05) is 31.2 Å². The van der Waals surface area contributed by atoms with Gasteiger partial charge in [0.2, 0.25) is 0 Å². The van der Waals surface area contributed by atoms with Crippen LogP contribution in [0, 0.1) is 6.92 Å². The topological polar surface area (TPSA) is 26.3 Å². The molecule has 0 spiro atoms. The lowest BCUT2D eigenvalue weighted by Crippen LogP contribution is -2.09. The molecule has 2 aromatic carbocycles. The highest BCUT2D eigenvalue weighted by Gasteiger charge is 2.13. The maximum absolute atomic E-state index is 11.6. The third kappa shape index (κ3) is 2.49. The fourth-order valence-electron chi connectivity index (χ4n) is 2.05. The number of carbonyl (C=O) groups is 1. The number of rotatable bonds is 3. The summed E-state index contributed by atoms with van der Waals surface area (Å²) in [5.41, 5.74) is 1.88. The number of aryl methyl sites for hydroxylation is 1. The van der Waals surface area contributed by atoms with Crippen LogP contribution in [0.25, 0.3) is 10.8 Å². The maximum Gasteiger partial charge on any atom is 0.310 e. The van der Waals surface area contributed by atoms with Crippen molar-refractivity contribution in [3.8, 4) is 0 Å². The smallest absolute Gasteiger partial charge is 0.310 e. The fraction of sp³-hybridized carbons (Fsp3) is 0.267. The van der Waals surface area contributed by atoms with Gasteiger partial charge in [-0.2, -0.15) is 0 Å². The molecule has 18 heavy (non-hydrogen) atoms. The van der Waals surface area contributed by atoms with E-state index in [0.29, 0.717) is 11.6 Å². The Balaban J connectivity index is 2.47. The van der Waals surface area contributed by atoms with Gasteiger partial charge >= 0.3 is 5.97 Å². The van der Waals surface area contributed by atoms with Crippen molar-refractivity contribution in [2.45, 2.75) is 20.3 Å². The standard InChI is InChI=1S/C15H15ClO2/c1-3-18-14(17)9-13-10(2)8-11-6-4-5-7-12(11)15(13)16/h4-8H,3,9H2,1-2H3. The number of halogens is 1. The van der Waals surface area contributed by atoms with E-state index >= 15 is 0 Å². The largest absolute Gasteiger partial charge is 0.466 e. The van der Waals surface area contributed by atoms with Crippen LogP contribution in [0.5, 0.6) is 0 Å². The molecule has 0 aliphatic rings. The van der Waals surface area contributed by atoms with Gasteiger partial charge in [-0.25, -0.2) is 0 Å². The lowest BCUT2D eigenvalue weighted by Gasteiger charge is -2.11. The van der Waals surface area contributed by atoms with Crippen LogP contribution >= 0.6 is 11.6 Å². The van der Waals surface area contributed by atoms with Gasteiger partial charge in [-0.05, 0) is 30.4 Å². The van der Waals surface area contributed by atoms with Crippen molar-refractivity contribution in [1.82, 2.24) is 0 Å². The van der Waals surface area contributed by atoms with Gasteiger partial charge in [0.05, 0.1) is 18.1 Å². The number of hydrogen-bond acceptors (Lipinski definition) is 2. The quantitative estimate of drug-likeness (QED) is 0.784. The van der Waals surface area contributed by atoms with Crippen LogP contribution in [0.4, 0.5) is 0 Å². The molecular weight excluding hydrogens is 248 g/mol. The molecule has 0 aliphatic carbocycles. The van der Waals surface area contributed by atoms with Crippen molar-refractivity contribution in [3.05, 3.63) is 46.5 Å². The molecule has 94 valence electrons. The predicted octanol–water partition coefficient (Wildman–Crippen LogP) is 3.91. The molecule has 2 nitrogen and oxygen atoms in total.